The lowest BCUT2D eigenvalue weighted by Gasteiger charge is -2.33. The number of piperidine rings is 1. The van der Waals surface area contributed by atoms with E-state index in [1.807, 2.05) is 73.3 Å². The number of rotatable bonds is 7. The first kappa shape index (κ1) is 27.2. The number of benzene rings is 2. The molecular weight excluding hydrogens is 454 g/mol. The van der Waals surface area contributed by atoms with Crippen molar-refractivity contribution in [3.63, 3.8) is 0 Å². The Morgan fingerprint density at radius 2 is 1.58 bits per heavy atom. The first-order valence-electron chi connectivity index (χ1n) is 12.7. The smallest absolute Gasteiger partial charge is 0.408 e. The summed E-state index contributed by atoms with van der Waals surface area (Å²) in [5, 5.41) is 5.65. The molecule has 0 aliphatic carbocycles. The number of nitrogens with zero attached hydrogens (tertiary/aromatic N) is 1. The largest absolute Gasteiger partial charge is 0.444 e. The zero-order valence-electron chi connectivity index (χ0n) is 22.0. The minimum atomic E-state index is -0.787. The molecule has 3 amide bonds. The number of nitrogens with one attached hydrogen (secondary N) is 2. The molecule has 1 fully saturated rings. The Labute approximate surface area is 214 Å². The Kier molecular flexibility index (Phi) is 9.13. The lowest BCUT2D eigenvalue weighted by Crippen LogP contribution is -2.47. The van der Waals surface area contributed by atoms with Crippen molar-refractivity contribution in [1.29, 1.82) is 0 Å². The van der Waals surface area contributed by atoms with Crippen LogP contribution in [0.15, 0.2) is 54.6 Å². The minimum absolute atomic E-state index is 0.0278. The molecule has 1 unspecified atom stereocenters. The van der Waals surface area contributed by atoms with Crippen molar-refractivity contribution >= 4 is 23.6 Å². The number of carbonyl (C=O) groups excluding carboxylic acids is 3. The highest BCUT2D eigenvalue weighted by Gasteiger charge is 2.26. The third-order valence-corrected chi connectivity index (χ3v) is 6.24. The van der Waals surface area contributed by atoms with E-state index >= 15 is 0 Å². The Bertz CT molecular complexity index is 1020. The molecule has 1 heterocycles. The van der Waals surface area contributed by atoms with E-state index < -0.39 is 17.7 Å². The lowest BCUT2D eigenvalue weighted by atomic mass is 9.89. The van der Waals surface area contributed by atoms with Crippen LogP contribution in [0.1, 0.15) is 64.5 Å². The van der Waals surface area contributed by atoms with Crippen LogP contribution in [0, 0.1) is 5.92 Å². The van der Waals surface area contributed by atoms with Crippen molar-refractivity contribution in [3.8, 4) is 0 Å². The minimum Gasteiger partial charge on any atom is -0.444 e. The molecule has 194 valence electrons. The highest BCUT2D eigenvalue weighted by atomic mass is 16.6. The van der Waals surface area contributed by atoms with Gasteiger partial charge in [0.25, 0.3) is 0 Å². The van der Waals surface area contributed by atoms with Crippen molar-refractivity contribution in [2.75, 3.05) is 18.4 Å². The number of likely N-dealkylation sites (tertiary alicyclic amines) is 1. The van der Waals surface area contributed by atoms with Gasteiger partial charge in [-0.05, 0) is 62.8 Å². The van der Waals surface area contributed by atoms with Gasteiger partial charge in [-0.2, -0.15) is 0 Å². The van der Waals surface area contributed by atoms with Crippen LogP contribution in [0.5, 0.6) is 0 Å². The number of carbonyl (C=O) groups is 3. The predicted octanol–water partition coefficient (Wildman–Crippen LogP) is 5.12. The molecule has 2 aromatic carbocycles. The fourth-order valence-corrected chi connectivity index (χ4v) is 4.38. The molecule has 1 saturated heterocycles. The van der Waals surface area contributed by atoms with Gasteiger partial charge in [-0.25, -0.2) is 4.79 Å². The maximum atomic E-state index is 13.1. The molecule has 0 bridgehead atoms. The predicted molar refractivity (Wildman–Crippen MR) is 142 cm³/mol. The second-order valence-electron chi connectivity index (χ2n) is 10.8. The Morgan fingerprint density at radius 3 is 2.14 bits per heavy atom. The fourth-order valence-electron chi connectivity index (χ4n) is 4.38. The van der Waals surface area contributed by atoms with Gasteiger partial charge in [0.1, 0.15) is 11.6 Å². The maximum Gasteiger partial charge on any atom is 0.408 e. The van der Waals surface area contributed by atoms with Crippen molar-refractivity contribution in [3.05, 3.63) is 65.7 Å². The van der Waals surface area contributed by atoms with Gasteiger partial charge >= 0.3 is 6.09 Å². The van der Waals surface area contributed by atoms with E-state index in [-0.39, 0.29) is 17.7 Å². The van der Waals surface area contributed by atoms with Gasteiger partial charge in [-0.1, -0.05) is 56.3 Å². The van der Waals surface area contributed by atoms with E-state index in [0.29, 0.717) is 18.0 Å². The maximum absolute atomic E-state index is 13.1. The Balaban J connectivity index is 1.62. The summed E-state index contributed by atoms with van der Waals surface area (Å²) >= 11 is 0. The molecular formula is C29H39N3O4. The Morgan fingerprint density at radius 1 is 0.972 bits per heavy atom. The van der Waals surface area contributed by atoms with Crippen LogP contribution in [-0.4, -0.2) is 47.5 Å². The van der Waals surface area contributed by atoms with Crippen LogP contribution in [0.4, 0.5) is 10.5 Å². The van der Waals surface area contributed by atoms with Gasteiger partial charge in [0.2, 0.25) is 11.8 Å². The number of amides is 3. The first-order valence-corrected chi connectivity index (χ1v) is 12.7. The topological polar surface area (TPSA) is 87.7 Å². The molecule has 0 spiro atoms. The van der Waals surface area contributed by atoms with Crippen LogP contribution in [0.25, 0.3) is 0 Å². The lowest BCUT2D eigenvalue weighted by molar-refractivity contribution is -0.135. The molecule has 7 nitrogen and oxygen atoms in total. The average molecular weight is 494 g/mol. The Hall–Kier alpha value is -3.35. The van der Waals surface area contributed by atoms with Crippen LogP contribution in [-0.2, 0) is 20.7 Å². The summed E-state index contributed by atoms with van der Waals surface area (Å²) in [5.41, 5.74) is 2.15. The quantitative estimate of drug-likeness (QED) is 0.560. The van der Waals surface area contributed by atoms with E-state index in [2.05, 4.69) is 10.6 Å². The van der Waals surface area contributed by atoms with Crippen LogP contribution in [0.3, 0.4) is 0 Å². The summed E-state index contributed by atoms with van der Waals surface area (Å²) in [6.07, 6.45) is 1.58. The highest BCUT2D eigenvalue weighted by molar-refractivity contribution is 5.96. The van der Waals surface area contributed by atoms with Crippen LogP contribution in [0.2, 0.25) is 0 Å². The summed E-state index contributed by atoms with van der Waals surface area (Å²) < 4.78 is 5.37. The summed E-state index contributed by atoms with van der Waals surface area (Å²) in [4.78, 5) is 39.7. The molecule has 2 N–H and O–H groups in total. The fraction of sp³-hybridized carbons (Fsp3) is 0.483. The van der Waals surface area contributed by atoms with Crippen molar-refractivity contribution in [2.24, 2.45) is 5.92 Å². The highest BCUT2D eigenvalue weighted by Crippen LogP contribution is 2.29. The summed E-state index contributed by atoms with van der Waals surface area (Å²) in [6, 6.07) is 16.6. The number of hydrogen-bond donors (Lipinski definition) is 2. The standard InChI is InChI=1S/C29H39N3O4/c1-20(2)27(34)32-17-15-23(16-18-32)22-11-13-24(14-12-22)30-26(33)25(19-21-9-7-6-8-10-21)31-28(35)36-29(3,4)5/h6-14,20,23,25H,15-19H2,1-5H3,(H,30,33)(H,31,35). The van der Waals surface area contributed by atoms with Gasteiger partial charge in [0.15, 0.2) is 0 Å². The molecule has 0 radical (unpaired) electrons. The summed E-state index contributed by atoms with van der Waals surface area (Å²) in [7, 11) is 0. The van der Waals surface area contributed by atoms with Crippen LogP contribution < -0.4 is 10.6 Å². The van der Waals surface area contributed by atoms with Crippen molar-refractivity contribution in [1.82, 2.24) is 10.2 Å². The molecule has 0 aromatic heterocycles. The van der Waals surface area contributed by atoms with Crippen LogP contribution >= 0.6 is 0 Å². The molecule has 3 rings (SSSR count). The molecule has 0 saturated carbocycles. The van der Waals surface area contributed by atoms with Crippen molar-refractivity contribution < 1.29 is 19.1 Å². The molecule has 2 aromatic rings. The number of anilines is 1. The molecule has 1 aliphatic heterocycles. The van der Waals surface area contributed by atoms with Gasteiger partial charge in [0.05, 0.1) is 0 Å². The SMILES string of the molecule is CC(C)C(=O)N1CCC(c2ccc(NC(=O)C(Cc3ccccc3)NC(=O)OC(C)(C)C)cc2)CC1. The molecule has 36 heavy (non-hydrogen) atoms. The second kappa shape index (κ2) is 12.1. The average Bonchev–Trinajstić information content (AvgIpc) is 2.83. The molecule has 1 atom stereocenters. The van der Waals surface area contributed by atoms with E-state index in [0.717, 1.165) is 31.5 Å². The summed E-state index contributed by atoms with van der Waals surface area (Å²) in [6.45, 7) is 10.8. The second-order valence-corrected chi connectivity index (χ2v) is 10.8. The monoisotopic (exact) mass is 493 g/mol. The molecule has 7 heteroatoms. The third-order valence-electron chi connectivity index (χ3n) is 6.24. The van der Waals surface area contributed by atoms with E-state index in [1.54, 1.807) is 20.8 Å². The van der Waals surface area contributed by atoms with Gasteiger partial charge in [0, 0.05) is 31.1 Å². The van der Waals surface area contributed by atoms with Gasteiger partial charge in [-0.3, -0.25) is 9.59 Å². The van der Waals surface area contributed by atoms with E-state index in [4.69, 9.17) is 4.74 Å². The number of hydrogen-bond acceptors (Lipinski definition) is 4. The zero-order valence-corrected chi connectivity index (χ0v) is 22.0. The first-order chi connectivity index (χ1) is 17.0. The molecule has 1 aliphatic rings. The number of ether oxygens (including phenoxy) is 1. The normalized spacial score (nSPS) is 15.3. The van der Waals surface area contributed by atoms with E-state index in [1.165, 1.54) is 5.56 Å². The third kappa shape index (κ3) is 8.11. The van der Waals surface area contributed by atoms with Crippen molar-refractivity contribution in [2.45, 2.75) is 71.4 Å². The van der Waals surface area contributed by atoms with E-state index in [9.17, 15) is 14.4 Å². The van der Waals surface area contributed by atoms with Gasteiger partial charge in [-0.15, -0.1) is 0 Å². The summed E-state index contributed by atoms with van der Waals surface area (Å²) in [5.74, 6) is 0.333. The number of alkyl carbamates (subject to hydrolysis) is 1. The zero-order chi connectivity index (χ0) is 26.3. The van der Waals surface area contributed by atoms with Gasteiger partial charge < -0.3 is 20.3 Å².